The lowest BCUT2D eigenvalue weighted by molar-refractivity contribution is -0.00556. The number of amides is 1. The van der Waals surface area contributed by atoms with Gasteiger partial charge in [-0.1, -0.05) is 54.1 Å². The Hall–Kier alpha value is -5.54. The Morgan fingerprint density at radius 1 is 0.767 bits per heavy atom. The normalized spacial score (nSPS) is 16.0. The molecule has 2 saturated heterocycles. The van der Waals surface area contributed by atoms with E-state index in [-0.39, 0.29) is 21.4 Å². The molecule has 0 aliphatic carbocycles. The van der Waals surface area contributed by atoms with Crippen molar-refractivity contribution in [2.75, 3.05) is 83.9 Å². The quantitative estimate of drug-likeness (QED) is 0.0602. The molecule has 1 aromatic heterocycles. The third-order valence-electron chi connectivity index (χ3n) is 13.5. The van der Waals surface area contributed by atoms with Crippen LogP contribution in [-0.4, -0.2) is 121 Å². The first-order chi connectivity index (χ1) is 34.5. The summed E-state index contributed by atoms with van der Waals surface area (Å²) in [6, 6.07) is 36.2. The third kappa shape index (κ3) is 13.4. The Balaban J connectivity index is 0.943. The lowest BCUT2D eigenvalue weighted by Gasteiger charge is -2.37. The lowest BCUT2D eigenvalue weighted by atomic mass is 9.94. The summed E-state index contributed by atoms with van der Waals surface area (Å²) >= 11 is 7.90. The number of anilines is 4. The Labute approximate surface area is 439 Å². The standard InChI is InChI=1S/C53H62ClN7O8S4/c1-37-49(52(62)57-72(5,66)67)50(51(58(37)3)38-14-16-40(54)17-15-38)39-10-9-11-44(34-39)61-32-30-60(31-33-61)43-20-18-41(19-21-43)56-73(68,69)46-22-23-47(48(35-46)71(4,64)65)55-42(36-70-45-12-7-6-8-13-45)24-27-59-28-25-53(2,63)26-29-59/h6-23,34-35,42,55-56,63H,24-33,36H2,1-5H3,(H,57,62)/t42-/m0/s1. The van der Waals surface area contributed by atoms with Gasteiger partial charge in [-0.15, -0.1) is 11.8 Å². The third-order valence-corrected chi connectivity index (χ3v) is 18.0. The Bertz CT molecular complexity index is 3280. The van der Waals surface area contributed by atoms with Crippen LogP contribution in [0.4, 0.5) is 22.7 Å². The van der Waals surface area contributed by atoms with Crippen LogP contribution in [-0.2, 0) is 36.9 Å². The number of thioether (sulfide) groups is 1. The zero-order valence-corrected chi connectivity index (χ0v) is 45.5. The fraction of sp³-hybridized carbons (Fsp3) is 0.340. The number of carbonyl (C=O) groups is 1. The molecule has 2 aliphatic heterocycles. The number of aliphatic hydroxyl groups is 1. The Morgan fingerprint density at radius 3 is 2.04 bits per heavy atom. The van der Waals surface area contributed by atoms with Crippen LogP contribution in [0.3, 0.4) is 0 Å². The molecule has 15 nitrogen and oxygen atoms in total. The highest BCUT2D eigenvalue weighted by Crippen LogP contribution is 2.41. The molecule has 6 aromatic rings. The van der Waals surface area contributed by atoms with Crippen molar-refractivity contribution in [1.82, 2.24) is 14.2 Å². The number of nitrogens with one attached hydrogen (secondary N) is 3. The highest BCUT2D eigenvalue weighted by Gasteiger charge is 2.30. The average Bonchev–Trinajstić information content (AvgIpc) is 3.61. The van der Waals surface area contributed by atoms with Crippen molar-refractivity contribution in [2.24, 2.45) is 7.05 Å². The first-order valence-electron chi connectivity index (χ1n) is 24.0. The van der Waals surface area contributed by atoms with Crippen molar-refractivity contribution in [2.45, 2.75) is 59.4 Å². The maximum atomic E-state index is 13.9. The fourth-order valence-electron chi connectivity index (χ4n) is 9.39. The van der Waals surface area contributed by atoms with Crippen LogP contribution >= 0.6 is 23.4 Å². The first kappa shape index (κ1) is 53.7. The van der Waals surface area contributed by atoms with E-state index in [9.17, 15) is 35.2 Å². The highest BCUT2D eigenvalue weighted by molar-refractivity contribution is 7.99. The number of aromatic nitrogens is 1. The van der Waals surface area contributed by atoms with Crippen LogP contribution in [0, 0.1) is 6.92 Å². The molecule has 388 valence electrons. The second-order valence-corrected chi connectivity index (χ2v) is 26.1. The van der Waals surface area contributed by atoms with Gasteiger partial charge in [0.2, 0.25) is 10.0 Å². The summed E-state index contributed by atoms with van der Waals surface area (Å²) in [5.74, 6) is -0.0786. The summed E-state index contributed by atoms with van der Waals surface area (Å²) in [7, 11) is -10.1. The van der Waals surface area contributed by atoms with E-state index in [4.69, 9.17) is 11.6 Å². The molecule has 1 atom stereocenters. The second kappa shape index (κ2) is 22.1. The van der Waals surface area contributed by atoms with Gasteiger partial charge in [-0.3, -0.25) is 9.52 Å². The monoisotopic (exact) mass is 1090 g/mol. The van der Waals surface area contributed by atoms with E-state index >= 15 is 0 Å². The van der Waals surface area contributed by atoms with E-state index in [2.05, 4.69) is 29.5 Å². The minimum Gasteiger partial charge on any atom is -0.390 e. The number of nitrogens with zero attached hydrogens (tertiary/aromatic N) is 4. The average molecular weight is 1090 g/mol. The zero-order chi connectivity index (χ0) is 52.3. The number of halogens is 1. The molecule has 5 aromatic carbocycles. The number of hydrogen-bond acceptors (Lipinski definition) is 13. The Morgan fingerprint density at radius 2 is 1.41 bits per heavy atom. The minimum atomic E-state index is -4.21. The maximum absolute atomic E-state index is 13.9. The lowest BCUT2D eigenvalue weighted by Crippen LogP contribution is -2.46. The van der Waals surface area contributed by atoms with Crippen molar-refractivity contribution in [3.63, 3.8) is 0 Å². The topological polar surface area (TPSA) is 190 Å². The summed E-state index contributed by atoms with van der Waals surface area (Å²) in [5, 5.41) is 14.5. The molecule has 0 saturated carbocycles. The van der Waals surface area contributed by atoms with Crippen LogP contribution in [0.1, 0.15) is 42.2 Å². The summed E-state index contributed by atoms with van der Waals surface area (Å²) in [6.07, 6.45) is 4.10. The molecule has 8 rings (SSSR count). The molecule has 1 amide bonds. The van der Waals surface area contributed by atoms with Crippen molar-refractivity contribution in [3.8, 4) is 22.4 Å². The van der Waals surface area contributed by atoms with Crippen LogP contribution in [0.25, 0.3) is 22.4 Å². The van der Waals surface area contributed by atoms with Gasteiger partial charge in [0.15, 0.2) is 9.84 Å². The molecule has 2 aliphatic rings. The number of benzene rings is 5. The van der Waals surface area contributed by atoms with Gasteiger partial charge in [-0.25, -0.2) is 30.0 Å². The SMILES string of the molecule is Cc1c(C(=O)NS(C)(=O)=O)c(-c2cccc(N3CCN(c4ccc(NS(=O)(=O)c5ccc(N[C@@H](CCN6CCC(C)(O)CC6)CSc6ccccc6)c(S(C)(=O)=O)c5)cc4)CC3)c2)c(-c2ccc(Cl)cc2)n1C. The molecule has 0 unspecified atom stereocenters. The van der Waals surface area contributed by atoms with Crippen LogP contribution in [0.5, 0.6) is 0 Å². The van der Waals surface area contributed by atoms with Crippen molar-refractivity contribution < 1.29 is 35.2 Å². The van der Waals surface area contributed by atoms with Crippen molar-refractivity contribution in [3.05, 3.63) is 138 Å². The van der Waals surface area contributed by atoms with Gasteiger partial charge in [0, 0.05) is 109 Å². The number of sulfone groups is 1. The van der Waals surface area contributed by atoms with Gasteiger partial charge in [-0.2, -0.15) is 0 Å². The van der Waals surface area contributed by atoms with Crippen molar-refractivity contribution in [1.29, 1.82) is 0 Å². The molecule has 3 heterocycles. The van der Waals surface area contributed by atoms with Crippen LogP contribution in [0.2, 0.25) is 5.02 Å². The van der Waals surface area contributed by atoms with E-state index in [0.29, 0.717) is 78.8 Å². The summed E-state index contributed by atoms with van der Waals surface area (Å²) in [4.78, 5) is 21.2. The van der Waals surface area contributed by atoms with E-state index in [1.807, 2.05) is 97.4 Å². The first-order valence-corrected chi connectivity index (χ1v) is 30.6. The van der Waals surface area contributed by atoms with E-state index in [1.165, 1.54) is 18.2 Å². The van der Waals surface area contributed by atoms with Crippen LogP contribution < -0.4 is 24.6 Å². The highest BCUT2D eigenvalue weighted by atomic mass is 35.5. The van der Waals surface area contributed by atoms with Gasteiger partial charge in [-0.05, 0) is 123 Å². The molecule has 4 N–H and O–H groups in total. The molecule has 0 bridgehead atoms. The summed E-state index contributed by atoms with van der Waals surface area (Å²) in [5.41, 5.74) is 5.53. The number of piperazine rings is 1. The molecular weight excluding hydrogens is 1030 g/mol. The van der Waals surface area contributed by atoms with Gasteiger partial charge in [0.25, 0.3) is 15.9 Å². The van der Waals surface area contributed by atoms with E-state index in [0.717, 1.165) is 65.2 Å². The number of carbonyl (C=O) groups excluding carboxylic acids is 1. The van der Waals surface area contributed by atoms with E-state index < -0.39 is 41.4 Å². The van der Waals surface area contributed by atoms with E-state index in [1.54, 1.807) is 43.0 Å². The molecule has 0 radical (unpaired) electrons. The molecule has 20 heteroatoms. The largest absolute Gasteiger partial charge is 0.390 e. The smallest absolute Gasteiger partial charge is 0.267 e. The van der Waals surface area contributed by atoms with Crippen molar-refractivity contribution >= 4 is 81.9 Å². The van der Waals surface area contributed by atoms with Gasteiger partial charge >= 0.3 is 0 Å². The minimum absolute atomic E-state index is 0.111. The number of likely N-dealkylation sites (tertiary alicyclic amines) is 1. The second-order valence-electron chi connectivity index (χ2n) is 19.2. The number of piperidine rings is 1. The molecular formula is C53H62ClN7O8S4. The zero-order valence-electron chi connectivity index (χ0n) is 41.5. The van der Waals surface area contributed by atoms with Gasteiger partial charge < -0.3 is 29.7 Å². The van der Waals surface area contributed by atoms with Crippen LogP contribution in [0.15, 0.2) is 136 Å². The predicted molar refractivity (Wildman–Crippen MR) is 295 cm³/mol. The number of rotatable bonds is 18. The molecule has 2 fully saturated rings. The molecule has 0 spiro atoms. The Kier molecular flexibility index (Phi) is 16.3. The van der Waals surface area contributed by atoms with Gasteiger partial charge in [0.05, 0.1) is 38.6 Å². The molecule has 73 heavy (non-hydrogen) atoms. The maximum Gasteiger partial charge on any atom is 0.267 e. The number of hydrogen-bond donors (Lipinski definition) is 4. The summed E-state index contributed by atoms with van der Waals surface area (Å²) in [6.45, 7) is 8.55. The fourth-order valence-corrected chi connectivity index (χ4v) is 13.0. The summed E-state index contributed by atoms with van der Waals surface area (Å²) < 4.78 is 85.5. The number of sulfonamides is 2. The van der Waals surface area contributed by atoms with Gasteiger partial charge in [0.1, 0.15) is 0 Å². The predicted octanol–water partition coefficient (Wildman–Crippen LogP) is 8.35.